The Labute approximate surface area is 132 Å². The number of para-hydroxylation sites is 1. The molecule has 0 bridgehead atoms. The second-order valence-electron chi connectivity index (χ2n) is 5.34. The summed E-state index contributed by atoms with van der Waals surface area (Å²) in [6, 6.07) is 7.63. The molecule has 0 saturated carbocycles. The van der Waals surface area contributed by atoms with Crippen LogP contribution < -0.4 is 5.56 Å². The molecule has 1 atom stereocenters. The van der Waals surface area contributed by atoms with Gasteiger partial charge < -0.3 is 9.55 Å². The van der Waals surface area contributed by atoms with Crippen molar-refractivity contribution in [3.63, 3.8) is 0 Å². The Hall–Kier alpha value is -2.15. The summed E-state index contributed by atoms with van der Waals surface area (Å²) in [6.07, 6.45) is 1.72. The minimum Gasteiger partial charge on any atom is -0.309 e. The highest BCUT2D eigenvalue weighted by molar-refractivity contribution is 7.99. The smallest absolute Gasteiger partial charge is 0.258 e. The van der Waals surface area contributed by atoms with Crippen LogP contribution in [0.4, 0.5) is 0 Å². The van der Waals surface area contributed by atoms with E-state index in [4.69, 9.17) is 0 Å². The second-order valence-corrected chi connectivity index (χ2v) is 6.65. The van der Waals surface area contributed by atoms with Gasteiger partial charge >= 0.3 is 0 Å². The molecule has 3 rings (SSSR count). The highest BCUT2D eigenvalue weighted by Gasteiger charge is 2.16. The Morgan fingerprint density at radius 2 is 2.00 bits per heavy atom. The first kappa shape index (κ1) is 14.8. The lowest BCUT2D eigenvalue weighted by molar-refractivity contribution is 0.548. The van der Waals surface area contributed by atoms with E-state index in [2.05, 4.69) is 34.0 Å². The number of nitrogens with one attached hydrogen (secondary N) is 1. The molecule has 1 aromatic carbocycles. The van der Waals surface area contributed by atoms with E-state index in [1.807, 2.05) is 29.7 Å². The van der Waals surface area contributed by atoms with Gasteiger partial charge in [-0.05, 0) is 32.9 Å². The summed E-state index contributed by atoms with van der Waals surface area (Å²) < 4.78 is 2.00. The van der Waals surface area contributed by atoms with E-state index >= 15 is 0 Å². The van der Waals surface area contributed by atoms with E-state index in [9.17, 15) is 4.79 Å². The molecule has 1 N–H and O–H groups in total. The van der Waals surface area contributed by atoms with Crippen LogP contribution in [0.3, 0.4) is 0 Å². The third kappa shape index (κ3) is 2.76. The van der Waals surface area contributed by atoms with Crippen molar-refractivity contribution in [3.8, 4) is 0 Å². The lowest BCUT2D eigenvalue weighted by atomic mass is 10.2. The number of nitrogens with zero attached hydrogens (tertiary/aromatic N) is 4. The summed E-state index contributed by atoms with van der Waals surface area (Å²) in [7, 11) is 0. The highest BCUT2D eigenvalue weighted by Crippen LogP contribution is 2.32. The zero-order chi connectivity index (χ0) is 15.7. The zero-order valence-corrected chi connectivity index (χ0v) is 13.5. The zero-order valence-electron chi connectivity index (χ0n) is 12.6. The molecule has 0 saturated heterocycles. The molecule has 0 spiro atoms. The number of benzene rings is 1. The first-order valence-electron chi connectivity index (χ1n) is 7.11. The van der Waals surface area contributed by atoms with Crippen LogP contribution in [0.15, 0.2) is 40.5 Å². The fraction of sp³-hybridized carbons (Fsp3) is 0.333. The molecule has 0 unspecified atom stereocenters. The number of aromatic amines is 1. The van der Waals surface area contributed by atoms with Gasteiger partial charge in [0.1, 0.15) is 12.2 Å². The molecule has 114 valence electrons. The van der Waals surface area contributed by atoms with E-state index in [0.717, 1.165) is 5.16 Å². The van der Waals surface area contributed by atoms with Gasteiger partial charge in [0, 0.05) is 6.04 Å². The average molecular weight is 315 g/mol. The predicted octanol–water partition coefficient (Wildman–Crippen LogP) is 2.95. The summed E-state index contributed by atoms with van der Waals surface area (Å²) in [5.41, 5.74) is 0.595. The molecule has 0 aliphatic rings. The van der Waals surface area contributed by atoms with Gasteiger partial charge in [-0.3, -0.25) is 4.79 Å². The summed E-state index contributed by atoms with van der Waals surface area (Å²) in [5.74, 6) is 0.645. The minimum atomic E-state index is -0.113. The molecule has 22 heavy (non-hydrogen) atoms. The quantitative estimate of drug-likeness (QED) is 0.749. The lowest BCUT2D eigenvalue weighted by Gasteiger charge is -2.13. The van der Waals surface area contributed by atoms with Crippen LogP contribution in [0, 0.1) is 0 Å². The van der Waals surface area contributed by atoms with E-state index < -0.39 is 0 Å². The van der Waals surface area contributed by atoms with Crippen LogP contribution in [0.5, 0.6) is 0 Å². The molecule has 7 heteroatoms. The molecular formula is C15H17N5OS. The summed E-state index contributed by atoms with van der Waals surface area (Å²) in [6.45, 7) is 6.15. The number of H-pyrrole nitrogens is 1. The number of hydrogen-bond acceptors (Lipinski definition) is 5. The number of hydrogen-bond donors (Lipinski definition) is 1. The lowest BCUT2D eigenvalue weighted by Crippen LogP contribution is -2.13. The first-order valence-corrected chi connectivity index (χ1v) is 7.99. The molecule has 2 aromatic heterocycles. The summed E-state index contributed by atoms with van der Waals surface area (Å²) in [5, 5.41) is 9.50. The number of fused-ring (bicyclic) bond motifs is 1. The van der Waals surface area contributed by atoms with Gasteiger partial charge in [0.15, 0.2) is 5.16 Å². The summed E-state index contributed by atoms with van der Waals surface area (Å²) in [4.78, 5) is 19.6. The monoisotopic (exact) mass is 315 g/mol. The molecule has 0 radical (unpaired) electrons. The van der Waals surface area contributed by atoms with Crippen molar-refractivity contribution in [2.45, 2.75) is 37.2 Å². The van der Waals surface area contributed by atoms with Gasteiger partial charge in [0.2, 0.25) is 0 Å². The van der Waals surface area contributed by atoms with Crippen molar-refractivity contribution in [1.29, 1.82) is 0 Å². The number of thioether (sulfide) groups is 1. The van der Waals surface area contributed by atoms with Gasteiger partial charge in [-0.1, -0.05) is 23.9 Å². The van der Waals surface area contributed by atoms with Crippen molar-refractivity contribution in [3.05, 3.63) is 46.8 Å². The van der Waals surface area contributed by atoms with Crippen LogP contribution >= 0.6 is 11.8 Å². The molecule has 0 amide bonds. The highest BCUT2D eigenvalue weighted by atomic mass is 32.2. The van der Waals surface area contributed by atoms with Crippen molar-refractivity contribution >= 4 is 22.7 Å². The Bertz CT molecular complexity index is 854. The second kappa shape index (κ2) is 5.92. The van der Waals surface area contributed by atoms with E-state index in [1.54, 1.807) is 12.4 Å². The van der Waals surface area contributed by atoms with Crippen molar-refractivity contribution in [2.24, 2.45) is 0 Å². The molecule has 6 nitrogen and oxygen atoms in total. The standard InChI is InChI=1S/C15H17N5OS/c1-9(2)20-8-16-19-15(20)22-10(3)13-17-12-7-5-4-6-11(12)14(21)18-13/h4-10H,1-3H3,(H,17,18,21)/t10-/m0/s1. The van der Waals surface area contributed by atoms with E-state index in [-0.39, 0.29) is 16.9 Å². The topological polar surface area (TPSA) is 76.5 Å². The van der Waals surface area contributed by atoms with Crippen LogP contribution in [0.1, 0.15) is 37.9 Å². The maximum absolute atomic E-state index is 12.1. The Kier molecular flexibility index (Phi) is 3.98. The van der Waals surface area contributed by atoms with Crippen molar-refractivity contribution in [2.75, 3.05) is 0 Å². The number of aromatic nitrogens is 5. The number of rotatable bonds is 4. The van der Waals surface area contributed by atoms with Gasteiger partial charge in [0.05, 0.1) is 16.2 Å². The average Bonchev–Trinajstić information content (AvgIpc) is 2.95. The molecule has 0 aliphatic heterocycles. The van der Waals surface area contributed by atoms with Gasteiger partial charge in [-0.25, -0.2) is 4.98 Å². The van der Waals surface area contributed by atoms with Crippen LogP contribution in [-0.2, 0) is 0 Å². The van der Waals surface area contributed by atoms with Crippen molar-refractivity contribution < 1.29 is 0 Å². The van der Waals surface area contributed by atoms with E-state index in [1.165, 1.54) is 11.8 Å². The first-order chi connectivity index (χ1) is 10.6. The fourth-order valence-electron chi connectivity index (χ4n) is 2.18. The predicted molar refractivity (Wildman–Crippen MR) is 87.0 cm³/mol. The SMILES string of the molecule is CC(C)n1cnnc1S[C@@H](C)c1nc2ccccc2c(=O)[nH]1. The molecule has 0 aliphatic carbocycles. The third-order valence-electron chi connectivity index (χ3n) is 3.39. The molecule has 0 fully saturated rings. The molecular weight excluding hydrogens is 298 g/mol. The van der Waals surface area contributed by atoms with Gasteiger partial charge in [-0.15, -0.1) is 10.2 Å². The Morgan fingerprint density at radius 3 is 2.77 bits per heavy atom. The molecule has 2 heterocycles. The van der Waals surface area contributed by atoms with Crippen LogP contribution in [-0.4, -0.2) is 24.7 Å². The van der Waals surface area contributed by atoms with Crippen LogP contribution in [0.2, 0.25) is 0 Å². The maximum Gasteiger partial charge on any atom is 0.258 e. The maximum atomic E-state index is 12.1. The normalized spacial score (nSPS) is 12.9. The Balaban J connectivity index is 1.94. The van der Waals surface area contributed by atoms with Crippen molar-refractivity contribution in [1.82, 2.24) is 24.7 Å². The fourth-order valence-corrected chi connectivity index (χ4v) is 3.19. The van der Waals surface area contributed by atoms with Gasteiger partial charge in [0.25, 0.3) is 5.56 Å². The molecule has 3 aromatic rings. The minimum absolute atomic E-state index is 0.0287. The Morgan fingerprint density at radius 1 is 1.23 bits per heavy atom. The van der Waals surface area contributed by atoms with E-state index in [0.29, 0.717) is 16.7 Å². The van der Waals surface area contributed by atoms with Crippen LogP contribution in [0.25, 0.3) is 10.9 Å². The third-order valence-corrected chi connectivity index (χ3v) is 4.48. The van der Waals surface area contributed by atoms with Gasteiger partial charge in [-0.2, -0.15) is 0 Å². The summed E-state index contributed by atoms with van der Waals surface area (Å²) >= 11 is 1.53. The largest absolute Gasteiger partial charge is 0.309 e.